The zero-order valence-electron chi connectivity index (χ0n) is 15.4. The molecule has 0 aliphatic carbocycles. The van der Waals surface area contributed by atoms with Gasteiger partial charge in [-0.2, -0.15) is 0 Å². The Morgan fingerprint density at radius 1 is 0.963 bits per heavy atom. The van der Waals surface area contributed by atoms with E-state index in [0.29, 0.717) is 6.79 Å². The van der Waals surface area contributed by atoms with Gasteiger partial charge in [0.2, 0.25) is 6.79 Å². The Balaban J connectivity index is 1.20. The van der Waals surface area contributed by atoms with E-state index in [2.05, 4.69) is 57.6 Å². The third-order valence-corrected chi connectivity index (χ3v) is 5.45. The molecule has 0 atom stereocenters. The van der Waals surface area contributed by atoms with Gasteiger partial charge in [0.05, 0.1) is 0 Å². The molecule has 2 heterocycles. The molecule has 0 bridgehead atoms. The molecule has 0 saturated carbocycles. The van der Waals surface area contributed by atoms with Gasteiger partial charge in [0.25, 0.3) is 0 Å². The molecule has 6 heteroatoms. The minimum absolute atomic E-state index is 0.316. The number of anilines is 1. The average Bonchev–Trinajstić information content (AvgIpc) is 3.20. The smallest absolute Gasteiger partial charge is 0.231 e. The zero-order chi connectivity index (χ0) is 18.5. The molecule has 0 spiro atoms. The van der Waals surface area contributed by atoms with Gasteiger partial charge >= 0.3 is 0 Å². The van der Waals surface area contributed by atoms with Crippen molar-refractivity contribution < 1.29 is 9.47 Å². The summed E-state index contributed by atoms with van der Waals surface area (Å²) < 4.78 is 10.9. The van der Waals surface area contributed by atoms with E-state index in [1.165, 1.54) is 11.3 Å². The summed E-state index contributed by atoms with van der Waals surface area (Å²) in [6.45, 7) is 4.99. The van der Waals surface area contributed by atoms with Crippen LogP contribution in [0.4, 0.5) is 5.69 Å². The van der Waals surface area contributed by atoms with Crippen molar-refractivity contribution in [1.82, 2.24) is 10.2 Å². The predicted molar refractivity (Wildman–Crippen MR) is 112 cm³/mol. The Morgan fingerprint density at radius 2 is 1.74 bits per heavy atom. The molecule has 2 aliphatic heterocycles. The van der Waals surface area contributed by atoms with Gasteiger partial charge in [0.1, 0.15) is 0 Å². The lowest BCUT2D eigenvalue weighted by atomic mass is 10.1. The Labute approximate surface area is 165 Å². The Bertz CT molecular complexity index is 776. The molecule has 1 N–H and O–H groups in total. The molecule has 0 unspecified atom stereocenters. The monoisotopic (exact) mass is 383 g/mol. The molecule has 4 rings (SSSR count). The SMILES string of the molecule is S=C(NCCCc1ccccc1)N1CCN(c2ccc3c(c2)OCO3)CC1. The number of nitrogens with one attached hydrogen (secondary N) is 1. The van der Waals surface area contributed by atoms with Gasteiger partial charge in [-0.3, -0.25) is 0 Å². The van der Waals surface area contributed by atoms with Crippen molar-refractivity contribution in [2.75, 3.05) is 44.4 Å². The van der Waals surface area contributed by atoms with Crippen molar-refractivity contribution in [1.29, 1.82) is 0 Å². The lowest BCUT2D eigenvalue weighted by molar-refractivity contribution is 0.174. The lowest BCUT2D eigenvalue weighted by Gasteiger charge is -2.37. The van der Waals surface area contributed by atoms with Crippen molar-refractivity contribution in [3.8, 4) is 11.5 Å². The molecule has 1 fully saturated rings. The minimum atomic E-state index is 0.316. The molecule has 27 heavy (non-hydrogen) atoms. The summed E-state index contributed by atoms with van der Waals surface area (Å²) in [6.07, 6.45) is 2.16. The van der Waals surface area contributed by atoms with Crippen molar-refractivity contribution in [2.45, 2.75) is 12.8 Å². The first kappa shape index (κ1) is 17.9. The fourth-order valence-electron chi connectivity index (χ4n) is 3.49. The molecular formula is C21H25N3O2S. The van der Waals surface area contributed by atoms with Crippen LogP contribution in [0, 0.1) is 0 Å². The number of hydrogen-bond donors (Lipinski definition) is 1. The van der Waals surface area contributed by atoms with Gasteiger partial charge in [-0.15, -0.1) is 0 Å². The average molecular weight is 384 g/mol. The number of piperazine rings is 1. The largest absolute Gasteiger partial charge is 0.454 e. The second-order valence-corrected chi connectivity index (χ2v) is 7.22. The number of fused-ring (bicyclic) bond motifs is 1. The topological polar surface area (TPSA) is 37.0 Å². The maximum atomic E-state index is 5.58. The van der Waals surface area contributed by atoms with Gasteiger partial charge in [-0.1, -0.05) is 30.3 Å². The van der Waals surface area contributed by atoms with Crippen LogP contribution < -0.4 is 19.7 Å². The number of benzene rings is 2. The number of aryl methyl sites for hydroxylation is 1. The molecule has 142 valence electrons. The van der Waals surface area contributed by atoms with E-state index in [-0.39, 0.29) is 0 Å². The van der Waals surface area contributed by atoms with Crippen molar-refractivity contribution in [3.05, 3.63) is 54.1 Å². The summed E-state index contributed by atoms with van der Waals surface area (Å²) in [5.41, 5.74) is 2.56. The molecule has 2 aromatic rings. The molecule has 2 aromatic carbocycles. The summed E-state index contributed by atoms with van der Waals surface area (Å²) in [4.78, 5) is 4.64. The molecule has 2 aliphatic rings. The van der Waals surface area contributed by atoms with E-state index < -0.39 is 0 Å². The summed E-state index contributed by atoms with van der Waals surface area (Å²) >= 11 is 5.58. The lowest BCUT2D eigenvalue weighted by Crippen LogP contribution is -2.51. The molecular weight excluding hydrogens is 358 g/mol. The van der Waals surface area contributed by atoms with Crippen LogP contribution in [0.5, 0.6) is 11.5 Å². The Morgan fingerprint density at radius 3 is 2.56 bits per heavy atom. The van der Waals surface area contributed by atoms with E-state index in [4.69, 9.17) is 21.7 Å². The van der Waals surface area contributed by atoms with Crippen molar-refractivity contribution >= 4 is 23.0 Å². The molecule has 5 nitrogen and oxygen atoms in total. The second-order valence-electron chi connectivity index (χ2n) is 6.83. The fraction of sp³-hybridized carbons (Fsp3) is 0.381. The highest BCUT2D eigenvalue weighted by atomic mass is 32.1. The number of ether oxygens (including phenoxy) is 2. The highest BCUT2D eigenvalue weighted by Gasteiger charge is 2.21. The predicted octanol–water partition coefficient (Wildman–Crippen LogP) is 3.04. The van der Waals surface area contributed by atoms with Crippen LogP contribution in [0.2, 0.25) is 0 Å². The van der Waals surface area contributed by atoms with E-state index in [1.807, 2.05) is 6.07 Å². The van der Waals surface area contributed by atoms with Crippen molar-refractivity contribution in [3.63, 3.8) is 0 Å². The normalized spacial score (nSPS) is 15.7. The third kappa shape index (κ3) is 4.45. The Kier molecular flexibility index (Phi) is 5.63. The van der Waals surface area contributed by atoms with Gasteiger partial charge in [0, 0.05) is 44.5 Å². The fourth-order valence-corrected chi connectivity index (χ4v) is 3.78. The quantitative estimate of drug-likeness (QED) is 0.632. The summed E-state index contributed by atoms with van der Waals surface area (Å²) in [6, 6.07) is 16.7. The van der Waals surface area contributed by atoms with Gasteiger partial charge in [-0.25, -0.2) is 0 Å². The highest BCUT2D eigenvalue weighted by molar-refractivity contribution is 7.80. The zero-order valence-corrected chi connectivity index (χ0v) is 16.2. The summed E-state index contributed by atoms with van der Waals surface area (Å²) in [7, 11) is 0. The first-order valence-corrected chi connectivity index (χ1v) is 9.92. The van der Waals surface area contributed by atoms with E-state index in [1.54, 1.807) is 0 Å². The van der Waals surface area contributed by atoms with Crippen LogP contribution in [-0.2, 0) is 6.42 Å². The van der Waals surface area contributed by atoms with E-state index >= 15 is 0 Å². The van der Waals surface area contributed by atoms with Crippen LogP contribution in [0.3, 0.4) is 0 Å². The van der Waals surface area contributed by atoms with Crippen LogP contribution in [0.15, 0.2) is 48.5 Å². The van der Waals surface area contributed by atoms with Gasteiger partial charge < -0.3 is 24.6 Å². The molecule has 1 saturated heterocycles. The van der Waals surface area contributed by atoms with Crippen LogP contribution in [-0.4, -0.2) is 49.5 Å². The number of hydrogen-bond acceptors (Lipinski definition) is 4. The van der Waals surface area contributed by atoms with E-state index in [0.717, 1.165) is 62.2 Å². The van der Waals surface area contributed by atoms with Gasteiger partial charge in [-0.05, 0) is 42.8 Å². The second kappa shape index (κ2) is 8.48. The van der Waals surface area contributed by atoms with Gasteiger partial charge in [0.15, 0.2) is 16.6 Å². The van der Waals surface area contributed by atoms with Crippen molar-refractivity contribution in [2.24, 2.45) is 0 Å². The standard InChI is InChI=1S/C21H25N3O2S/c27-21(22-10-4-7-17-5-2-1-3-6-17)24-13-11-23(12-14-24)18-8-9-19-20(15-18)26-16-25-19/h1-3,5-6,8-9,15H,4,7,10-14,16H2,(H,22,27). The van der Waals surface area contributed by atoms with Crippen LogP contribution in [0.25, 0.3) is 0 Å². The summed E-state index contributed by atoms with van der Waals surface area (Å²) in [5, 5.41) is 4.28. The molecule has 0 amide bonds. The van der Waals surface area contributed by atoms with E-state index in [9.17, 15) is 0 Å². The minimum Gasteiger partial charge on any atom is -0.454 e. The molecule has 0 aromatic heterocycles. The molecule has 0 radical (unpaired) electrons. The Hall–Kier alpha value is -2.47. The summed E-state index contributed by atoms with van der Waals surface area (Å²) in [5.74, 6) is 1.67. The first-order valence-electron chi connectivity index (χ1n) is 9.51. The number of thiocarbonyl (C=S) groups is 1. The third-order valence-electron chi connectivity index (χ3n) is 5.05. The number of rotatable bonds is 5. The maximum Gasteiger partial charge on any atom is 0.231 e. The first-order chi connectivity index (χ1) is 13.3. The van der Waals surface area contributed by atoms with Crippen LogP contribution >= 0.6 is 12.2 Å². The maximum absolute atomic E-state index is 5.58. The highest BCUT2D eigenvalue weighted by Crippen LogP contribution is 2.35. The number of nitrogens with zero attached hydrogens (tertiary/aromatic N) is 2. The van der Waals surface area contributed by atoms with Crippen LogP contribution in [0.1, 0.15) is 12.0 Å².